The summed E-state index contributed by atoms with van der Waals surface area (Å²) in [6.07, 6.45) is 0.685. The fraction of sp³-hybridized carbons (Fsp3) is 0.429. The maximum absolute atomic E-state index is 12.9. The molecule has 1 aromatic rings. The Hall–Kier alpha value is -1.75. The maximum Gasteiger partial charge on any atom is 0.309 e. The number of carbonyl (C=O) groups excluding carboxylic acids is 2. The van der Waals surface area contributed by atoms with Gasteiger partial charge in [-0.1, -0.05) is 12.1 Å². The lowest BCUT2D eigenvalue weighted by Gasteiger charge is -2.20. The van der Waals surface area contributed by atoms with Crippen molar-refractivity contribution in [3.05, 3.63) is 35.6 Å². The van der Waals surface area contributed by atoms with E-state index in [0.29, 0.717) is 12.7 Å². The standard InChI is InChI=1S/C14H17FO4/c1-18-13(10-3-5-12(15)6-4-10)9-11(7-8-16)14(17)19-2/h3-6,8,11,13H,7,9H2,1-2H3/t11-,13+/m0/s1. The predicted molar refractivity (Wildman–Crippen MR) is 67.0 cm³/mol. The lowest BCUT2D eigenvalue weighted by molar-refractivity contribution is -0.147. The van der Waals surface area contributed by atoms with Crippen molar-refractivity contribution in [1.29, 1.82) is 0 Å². The molecule has 0 unspecified atom stereocenters. The summed E-state index contributed by atoms with van der Waals surface area (Å²) < 4.78 is 22.8. The number of carbonyl (C=O) groups is 2. The molecule has 0 spiro atoms. The lowest BCUT2D eigenvalue weighted by atomic mass is 9.94. The van der Waals surface area contributed by atoms with E-state index in [4.69, 9.17) is 4.74 Å². The van der Waals surface area contributed by atoms with Crippen LogP contribution in [0.25, 0.3) is 0 Å². The molecular formula is C14H17FO4. The fourth-order valence-corrected chi connectivity index (χ4v) is 1.88. The van der Waals surface area contributed by atoms with E-state index in [1.807, 2.05) is 0 Å². The van der Waals surface area contributed by atoms with E-state index >= 15 is 0 Å². The average molecular weight is 268 g/mol. The Bertz CT molecular complexity index is 416. The van der Waals surface area contributed by atoms with Gasteiger partial charge in [0.25, 0.3) is 0 Å². The van der Waals surface area contributed by atoms with Crippen LogP contribution in [0.5, 0.6) is 0 Å². The van der Waals surface area contributed by atoms with Gasteiger partial charge in [0.1, 0.15) is 12.1 Å². The number of halogens is 1. The van der Waals surface area contributed by atoms with Gasteiger partial charge in [-0.3, -0.25) is 4.79 Å². The van der Waals surface area contributed by atoms with E-state index in [-0.39, 0.29) is 18.3 Å². The van der Waals surface area contributed by atoms with E-state index in [1.54, 1.807) is 12.1 Å². The molecule has 1 aromatic carbocycles. The van der Waals surface area contributed by atoms with Crippen LogP contribution in [0.1, 0.15) is 24.5 Å². The van der Waals surface area contributed by atoms with Gasteiger partial charge < -0.3 is 14.3 Å². The molecule has 0 aliphatic heterocycles. The molecular weight excluding hydrogens is 251 g/mol. The first-order valence-electron chi connectivity index (χ1n) is 5.92. The molecule has 0 amide bonds. The van der Waals surface area contributed by atoms with Crippen molar-refractivity contribution >= 4 is 12.3 Å². The van der Waals surface area contributed by atoms with E-state index in [2.05, 4.69) is 4.74 Å². The number of ether oxygens (including phenoxy) is 2. The van der Waals surface area contributed by atoms with Gasteiger partial charge in [0.2, 0.25) is 0 Å². The molecule has 0 aromatic heterocycles. The lowest BCUT2D eigenvalue weighted by Crippen LogP contribution is -2.20. The summed E-state index contributed by atoms with van der Waals surface area (Å²) in [6.45, 7) is 0. The summed E-state index contributed by atoms with van der Waals surface area (Å²) in [4.78, 5) is 22.1. The highest BCUT2D eigenvalue weighted by molar-refractivity contribution is 5.75. The van der Waals surface area contributed by atoms with Crippen LogP contribution in [0.15, 0.2) is 24.3 Å². The highest BCUT2D eigenvalue weighted by atomic mass is 19.1. The molecule has 0 radical (unpaired) electrons. The zero-order chi connectivity index (χ0) is 14.3. The molecule has 0 heterocycles. The molecule has 0 aliphatic rings. The Labute approximate surface area is 111 Å². The number of methoxy groups -OCH3 is 2. The van der Waals surface area contributed by atoms with Crippen molar-refractivity contribution in [2.75, 3.05) is 14.2 Å². The van der Waals surface area contributed by atoms with Crippen molar-refractivity contribution in [3.8, 4) is 0 Å². The molecule has 104 valence electrons. The van der Waals surface area contributed by atoms with Crippen LogP contribution in [0, 0.1) is 11.7 Å². The van der Waals surface area contributed by atoms with Crippen LogP contribution in [0.4, 0.5) is 4.39 Å². The van der Waals surface area contributed by atoms with Gasteiger partial charge in [-0.15, -0.1) is 0 Å². The van der Waals surface area contributed by atoms with Crippen LogP contribution in [-0.2, 0) is 19.1 Å². The van der Waals surface area contributed by atoms with Gasteiger partial charge in [-0.05, 0) is 24.1 Å². The van der Waals surface area contributed by atoms with Crippen LogP contribution in [-0.4, -0.2) is 26.5 Å². The van der Waals surface area contributed by atoms with E-state index in [1.165, 1.54) is 26.4 Å². The molecule has 2 atom stereocenters. The summed E-state index contributed by atoms with van der Waals surface area (Å²) in [7, 11) is 2.78. The Kier molecular flexibility index (Phi) is 6.15. The number of aldehydes is 1. The summed E-state index contributed by atoms with van der Waals surface area (Å²) in [5.41, 5.74) is 0.753. The van der Waals surface area contributed by atoms with Crippen molar-refractivity contribution in [2.24, 2.45) is 5.92 Å². The summed E-state index contributed by atoms with van der Waals surface area (Å²) in [5.74, 6) is -1.34. The second kappa shape index (κ2) is 7.63. The fourth-order valence-electron chi connectivity index (χ4n) is 1.88. The molecule has 0 fully saturated rings. The van der Waals surface area contributed by atoms with Gasteiger partial charge in [0, 0.05) is 13.5 Å². The van der Waals surface area contributed by atoms with Crippen LogP contribution in [0.2, 0.25) is 0 Å². The predicted octanol–water partition coefficient (Wildman–Crippen LogP) is 2.28. The zero-order valence-electron chi connectivity index (χ0n) is 11.0. The molecule has 0 N–H and O–H groups in total. The minimum atomic E-state index is -0.558. The van der Waals surface area contributed by atoms with Crippen LogP contribution < -0.4 is 0 Å². The molecule has 5 heteroatoms. The molecule has 0 bridgehead atoms. The van der Waals surface area contributed by atoms with Gasteiger partial charge in [0.05, 0.1) is 19.1 Å². The quantitative estimate of drug-likeness (QED) is 0.562. The number of hydrogen-bond acceptors (Lipinski definition) is 4. The van der Waals surface area contributed by atoms with E-state index < -0.39 is 11.9 Å². The SMILES string of the molecule is COC(=O)[C@@H](CC=O)C[C@@H](OC)c1ccc(F)cc1. The summed E-state index contributed by atoms with van der Waals surface area (Å²) >= 11 is 0. The third-order valence-corrected chi connectivity index (χ3v) is 2.94. The summed E-state index contributed by atoms with van der Waals surface area (Å²) in [5, 5.41) is 0. The average Bonchev–Trinajstić information content (AvgIpc) is 2.43. The number of hydrogen-bond donors (Lipinski definition) is 0. The number of benzene rings is 1. The third-order valence-electron chi connectivity index (χ3n) is 2.94. The van der Waals surface area contributed by atoms with Crippen LogP contribution >= 0.6 is 0 Å². The first-order chi connectivity index (χ1) is 9.12. The zero-order valence-corrected chi connectivity index (χ0v) is 11.0. The maximum atomic E-state index is 12.9. The molecule has 4 nitrogen and oxygen atoms in total. The van der Waals surface area contributed by atoms with E-state index in [0.717, 1.165) is 5.56 Å². The largest absolute Gasteiger partial charge is 0.469 e. The topological polar surface area (TPSA) is 52.6 Å². The molecule has 0 aliphatic carbocycles. The minimum Gasteiger partial charge on any atom is -0.469 e. The first kappa shape index (κ1) is 15.3. The van der Waals surface area contributed by atoms with Crippen LogP contribution in [0.3, 0.4) is 0 Å². The highest BCUT2D eigenvalue weighted by Crippen LogP contribution is 2.26. The second-order valence-corrected chi connectivity index (χ2v) is 4.13. The van der Waals surface area contributed by atoms with Crippen molar-refractivity contribution in [3.63, 3.8) is 0 Å². The number of esters is 1. The monoisotopic (exact) mass is 268 g/mol. The Morgan fingerprint density at radius 2 is 1.95 bits per heavy atom. The molecule has 1 rings (SSSR count). The minimum absolute atomic E-state index is 0.0771. The number of rotatable bonds is 7. The van der Waals surface area contributed by atoms with Crippen molar-refractivity contribution < 1.29 is 23.5 Å². The van der Waals surface area contributed by atoms with Gasteiger partial charge >= 0.3 is 5.97 Å². The van der Waals surface area contributed by atoms with E-state index in [9.17, 15) is 14.0 Å². The van der Waals surface area contributed by atoms with Gasteiger partial charge in [-0.2, -0.15) is 0 Å². The smallest absolute Gasteiger partial charge is 0.309 e. The second-order valence-electron chi connectivity index (χ2n) is 4.13. The Morgan fingerprint density at radius 1 is 1.32 bits per heavy atom. The van der Waals surface area contributed by atoms with Gasteiger partial charge in [0.15, 0.2) is 0 Å². The molecule has 0 saturated carbocycles. The summed E-state index contributed by atoms with van der Waals surface area (Å²) in [6, 6.07) is 5.85. The molecule has 19 heavy (non-hydrogen) atoms. The highest BCUT2D eigenvalue weighted by Gasteiger charge is 2.24. The first-order valence-corrected chi connectivity index (χ1v) is 5.92. The van der Waals surface area contributed by atoms with Gasteiger partial charge in [-0.25, -0.2) is 4.39 Å². The molecule has 0 saturated heterocycles. The normalized spacial score (nSPS) is 13.6. The third kappa shape index (κ3) is 4.44. The Morgan fingerprint density at radius 3 is 2.42 bits per heavy atom. The van der Waals surface area contributed by atoms with Crippen molar-refractivity contribution in [2.45, 2.75) is 18.9 Å². The Balaban J connectivity index is 2.81. The van der Waals surface area contributed by atoms with Crippen molar-refractivity contribution in [1.82, 2.24) is 0 Å².